The van der Waals surface area contributed by atoms with Crippen molar-refractivity contribution in [2.75, 3.05) is 4.90 Å². The molecule has 2 amide bonds. The highest BCUT2D eigenvalue weighted by Crippen LogP contribution is 2.29. The van der Waals surface area contributed by atoms with Crippen molar-refractivity contribution in [3.05, 3.63) is 86.2 Å². The number of carbonyl (C=O) groups excluding carboxylic acids is 2. The molecule has 2 heterocycles. The summed E-state index contributed by atoms with van der Waals surface area (Å²) in [6.07, 6.45) is 1.65. The van der Waals surface area contributed by atoms with Crippen LogP contribution in [0.15, 0.2) is 52.5 Å². The Morgan fingerprint density at radius 3 is 2.33 bits per heavy atom. The number of thiocarbonyl (C=S) groups is 1. The number of aryl methyl sites for hydroxylation is 4. The predicted octanol–water partition coefficient (Wildman–Crippen LogP) is 5.61. The van der Waals surface area contributed by atoms with Gasteiger partial charge in [-0.15, -0.1) is 0 Å². The summed E-state index contributed by atoms with van der Waals surface area (Å²) in [5.41, 5.74) is 7.60. The molecule has 0 atom stereocenters. The smallest absolute Gasteiger partial charge is 0.270 e. The van der Waals surface area contributed by atoms with Crippen molar-refractivity contribution in [1.82, 2.24) is 9.88 Å². The van der Waals surface area contributed by atoms with Crippen LogP contribution >= 0.6 is 28.1 Å². The Hall–Kier alpha value is -3.03. The SMILES string of the molecule is Cc1ccc(N2C(=O)/C(=C/c3cc(C)n(-c4ccc(Br)c(C)c4)c3C)C(=O)NC2=S)c(C)c1. The van der Waals surface area contributed by atoms with Gasteiger partial charge in [0.25, 0.3) is 11.8 Å². The lowest BCUT2D eigenvalue weighted by molar-refractivity contribution is -0.122. The van der Waals surface area contributed by atoms with Gasteiger partial charge in [0.05, 0.1) is 5.69 Å². The maximum Gasteiger partial charge on any atom is 0.270 e. The number of benzene rings is 2. The molecule has 0 aliphatic carbocycles. The maximum atomic E-state index is 13.4. The van der Waals surface area contributed by atoms with Crippen LogP contribution in [0.5, 0.6) is 0 Å². The van der Waals surface area contributed by atoms with Crippen LogP contribution in [0.1, 0.15) is 33.6 Å². The number of aromatic nitrogens is 1. The van der Waals surface area contributed by atoms with Crippen LogP contribution < -0.4 is 10.2 Å². The fourth-order valence-electron chi connectivity index (χ4n) is 4.19. The number of amides is 2. The third-order valence-electron chi connectivity index (χ3n) is 5.86. The molecule has 0 saturated carbocycles. The van der Waals surface area contributed by atoms with Gasteiger partial charge in [-0.3, -0.25) is 19.8 Å². The third kappa shape index (κ3) is 4.18. The summed E-state index contributed by atoms with van der Waals surface area (Å²) in [7, 11) is 0. The minimum Gasteiger partial charge on any atom is -0.318 e. The van der Waals surface area contributed by atoms with Crippen LogP contribution in [0.3, 0.4) is 0 Å². The third-order valence-corrected chi connectivity index (χ3v) is 7.04. The van der Waals surface area contributed by atoms with Crippen molar-refractivity contribution in [2.45, 2.75) is 34.6 Å². The van der Waals surface area contributed by atoms with E-state index in [1.165, 1.54) is 4.90 Å². The fourth-order valence-corrected chi connectivity index (χ4v) is 4.71. The van der Waals surface area contributed by atoms with Gasteiger partial charge in [0.15, 0.2) is 5.11 Å². The molecule has 1 aliphatic rings. The van der Waals surface area contributed by atoms with Gasteiger partial charge in [0, 0.05) is 21.5 Å². The van der Waals surface area contributed by atoms with E-state index in [-0.39, 0.29) is 10.7 Å². The number of halogens is 1. The van der Waals surface area contributed by atoms with Gasteiger partial charge in [-0.05, 0) is 99.9 Å². The summed E-state index contributed by atoms with van der Waals surface area (Å²) >= 11 is 8.89. The number of hydrogen-bond acceptors (Lipinski definition) is 3. The van der Waals surface area contributed by atoms with Crippen LogP contribution in [0.4, 0.5) is 5.69 Å². The molecule has 1 aliphatic heterocycles. The summed E-state index contributed by atoms with van der Waals surface area (Å²) in [4.78, 5) is 27.6. The lowest BCUT2D eigenvalue weighted by Crippen LogP contribution is -2.54. The monoisotopic (exact) mass is 521 g/mol. The maximum absolute atomic E-state index is 13.4. The van der Waals surface area contributed by atoms with Crippen LogP contribution in [0.2, 0.25) is 0 Å². The zero-order valence-corrected chi connectivity index (χ0v) is 21.5. The van der Waals surface area contributed by atoms with Gasteiger partial charge < -0.3 is 4.57 Å². The van der Waals surface area contributed by atoms with E-state index in [0.717, 1.165) is 43.8 Å². The number of rotatable bonds is 3. The van der Waals surface area contributed by atoms with Gasteiger partial charge in [-0.25, -0.2) is 0 Å². The second-order valence-electron chi connectivity index (χ2n) is 8.34. The molecule has 1 N–H and O–H groups in total. The Labute approximate surface area is 207 Å². The minimum absolute atomic E-state index is 0.0517. The Kier molecular flexibility index (Phi) is 6.12. The summed E-state index contributed by atoms with van der Waals surface area (Å²) in [5, 5.41) is 2.76. The van der Waals surface area contributed by atoms with Crippen molar-refractivity contribution in [3.8, 4) is 5.69 Å². The normalized spacial score (nSPS) is 15.4. The summed E-state index contributed by atoms with van der Waals surface area (Å²) in [6, 6.07) is 13.9. The van der Waals surface area contributed by atoms with Crippen LogP contribution in [0.25, 0.3) is 11.8 Å². The zero-order valence-electron chi connectivity index (χ0n) is 19.1. The van der Waals surface area contributed by atoms with Gasteiger partial charge in [-0.2, -0.15) is 0 Å². The number of nitrogens with one attached hydrogen (secondary N) is 1. The highest BCUT2D eigenvalue weighted by molar-refractivity contribution is 9.10. The van der Waals surface area contributed by atoms with Gasteiger partial charge >= 0.3 is 0 Å². The van der Waals surface area contributed by atoms with Crippen molar-refractivity contribution >= 4 is 56.8 Å². The molecule has 0 spiro atoms. The van der Waals surface area contributed by atoms with E-state index in [1.807, 2.05) is 71.0 Å². The van der Waals surface area contributed by atoms with Gasteiger partial charge in [-0.1, -0.05) is 33.6 Å². The molecule has 1 saturated heterocycles. The molecule has 1 fully saturated rings. The first-order chi connectivity index (χ1) is 15.6. The second-order valence-corrected chi connectivity index (χ2v) is 9.58. The molecule has 33 heavy (non-hydrogen) atoms. The highest BCUT2D eigenvalue weighted by atomic mass is 79.9. The number of carbonyl (C=O) groups is 2. The molecular formula is C26H24BrN3O2S. The molecular weight excluding hydrogens is 498 g/mol. The van der Waals surface area contributed by atoms with Crippen molar-refractivity contribution in [3.63, 3.8) is 0 Å². The quantitative estimate of drug-likeness (QED) is 0.276. The highest BCUT2D eigenvalue weighted by Gasteiger charge is 2.35. The first-order valence-electron chi connectivity index (χ1n) is 10.5. The average Bonchev–Trinajstić information content (AvgIpc) is 3.02. The van der Waals surface area contributed by atoms with E-state index < -0.39 is 11.8 Å². The number of nitrogens with zero attached hydrogens (tertiary/aromatic N) is 2. The first-order valence-corrected chi connectivity index (χ1v) is 11.7. The lowest BCUT2D eigenvalue weighted by atomic mass is 10.0. The van der Waals surface area contributed by atoms with E-state index >= 15 is 0 Å². The molecule has 0 bridgehead atoms. The Balaban J connectivity index is 1.78. The molecule has 4 rings (SSSR count). The molecule has 0 radical (unpaired) electrons. The lowest BCUT2D eigenvalue weighted by Gasteiger charge is -2.30. The molecule has 2 aromatic carbocycles. The standard InChI is InChI=1S/C26H24BrN3O2S/c1-14-6-9-23(16(3)10-14)30-25(32)21(24(31)28-26(30)33)13-19-12-17(4)29(18(19)5)20-7-8-22(27)15(2)11-20/h6-13H,1-5H3,(H,28,31,33)/b21-13+. The molecule has 7 heteroatoms. The fraction of sp³-hybridized carbons (Fsp3) is 0.192. The average molecular weight is 522 g/mol. The first kappa shape index (κ1) is 23.1. The van der Waals surface area contributed by atoms with E-state index in [4.69, 9.17) is 12.2 Å². The summed E-state index contributed by atoms with van der Waals surface area (Å²) in [6.45, 7) is 9.94. The van der Waals surface area contributed by atoms with Crippen molar-refractivity contribution < 1.29 is 9.59 Å². The summed E-state index contributed by atoms with van der Waals surface area (Å²) < 4.78 is 3.16. The molecule has 1 aromatic heterocycles. The van der Waals surface area contributed by atoms with Crippen molar-refractivity contribution in [2.24, 2.45) is 0 Å². The van der Waals surface area contributed by atoms with Gasteiger partial charge in [0.1, 0.15) is 5.57 Å². The topological polar surface area (TPSA) is 54.3 Å². The minimum atomic E-state index is -0.490. The Morgan fingerprint density at radius 2 is 1.67 bits per heavy atom. The largest absolute Gasteiger partial charge is 0.318 e. The van der Waals surface area contributed by atoms with Crippen LogP contribution in [-0.2, 0) is 9.59 Å². The van der Waals surface area contributed by atoms with Crippen molar-refractivity contribution in [1.29, 1.82) is 0 Å². The summed E-state index contributed by atoms with van der Waals surface area (Å²) in [5.74, 6) is -0.921. The predicted molar refractivity (Wildman–Crippen MR) is 140 cm³/mol. The molecule has 168 valence electrons. The Bertz CT molecular complexity index is 1370. The molecule has 0 unspecified atom stereocenters. The second kappa shape index (κ2) is 8.72. The number of hydrogen-bond donors (Lipinski definition) is 1. The van der Waals surface area contributed by atoms with Crippen LogP contribution in [0, 0.1) is 34.6 Å². The van der Waals surface area contributed by atoms with E-state index in [2.05, 4.69) is 31.9 Å². The number of anilines is 1. The van der Waals surface area contributed by atoms with E-state index in [9.17, 15) is 9.59 Å². The zero-order chi connectivity index (χ0) is 24.0. The molecule has 3 aromatic rings. The van der Waals surface area contributed by atoms with E-state index in [1.54, 1.807) is 6.08 Å². The van der Waals surface area contributed by atoms with E-state index in [0.29, 0.717) is 5.69 Å². The van der Waals surface area contributed by atoms with Gasteiger partial charge in [0.2, 0.25) is 0 Å². The Morgan fingerprint density at radius 1 is 0.939 bits per heavy atom. The van der Waals surface area contributed by atoms with Crippen LogP contribution in [-0.4, -0.2) is 21.5 Å². The molecule has 5 nitrogen and oxygen atoms in total.